The van der Waals surface area contributed by atoms with Crippen LogP contribution in [0.4, 0.5) is 0 Å². The normalized spacial score (nSPS) is 10.6. The first-order chi connectivity index (χ1) is 11.2. The zero-order valence-electron chi connectivity index (χ0n) is 13.6. The number of ether oxygens (including phenoxy) is 1. The Balaban J connectivity index is 2.03. The average Bonchev–Trinajstić information content (AvgIpc) is 3.04. The first-order valence-corrected chi connectivity index (χ1v) is 8.52. The number of para-hydroxylation sites is 2. The molecule has 1 amide bonds. The number of hydrogen-bond acceptors (Lipinski definition) is 6. The molecule has 7 nitrogen and oxygen atoms in total. The number of amides is 1. The molecular formula is C15H21N5O2S. The van der Waals surface area contributed by atoms with E-state index in [0.29, 0.717) is 23.1 Å². The number of hydrogen-bond donors (Lipinski definition) is 0. The van der Waals surface area contributed by atoms with Crippen LogP contribution in [0.2, 0.25) is 0 Å². The summed E-state index contributed by atoms with van der Waals surface area (Å²) in [6, 6.07) is 7.54. The van der Waals surface area contributed by atoms with Gasteiger partial charge in [0.05, 0.1) is 7.11 Å². The second-order valence-corrected chi connectivity index (χ2v) is 5.77. The number of aromatic nitrogens is 4. The monoisotopic (exact) mass is 335 g/mol. The maximum atomic E-state index is 12.0. The van der Waals surface area contributed by atoms with E-state index in [1.165, 1.54) is 11.8 Å². The minimum Gasteiger partial charge on any atom is -0.494 e. The van der Waals surface area contributed by atoms with Crippen LogP contribution in [0.15, 0.2) is 29.4 Å². The van der Waals surface area contributed by atoms with Crippen molar-refractivity contribution in [2.75, 3.05) is 26.0 Å². The number of benzene rings is 1. The molecule has 0 saturated heterocycles. The molecule has 0 radical (unpaired) electrons. The fraction of sp³-hybridized carbons (Fsp3) is 0.467. The van der Waals surface area contributed by atoms with Gasteiger partial charge in [-0.25, -0.2) is 0 Å². The molecule has 1 aromatic heterocycles. The predicted octanol–water partition coefficient (Wildman–Crippen LogP) is 2.02. The van der Waals surface area contributed by atoms with E-state index in [9.17, 15) is 4.79 Å². The Hall–Kier alpha value is -2.09. The second-order valence-electron chi connectivity index (χ2n) is 4.71. The molecule has 0 aliphatic carbocycles. The van der Waals surface area contributed by atoms with Crippen LogP contribution in [0, 0.1) is 0 Å². The maximum Gasteiger partial charge on any atom is 0.223 e. The topological polar surface area (TPSA) is 73.1 Å². The summed E-state index contributed by atoms with van der Waals surface area (Å²) in [5.74, 6) is 1.48. The molecule has 1 heterocycles. The smallest absolute Gasteiger partial charge is 0.223 e. The van der Waals surface area contributed by atoms with Crippen LogP contribution < -0.4 is 4.74 Å². The number of methoxy groups -OCH3 is 1. The van der Waals surface area contributed by atoms with Crippen LogP contribution in [0.3, 0.4) is 0 Å². The molecule has 8 heteroatoms. The predicted molar refractivity (Wildman–Crippen MR) is 89.0 cm³/mol. The average molecular weight is 335 g/mol. The first kappa shape index (κ1) is 17.3. The molecule has 0 aliphatic rings. The van der Waals surface area contributed by atoms with E-state index in [2.05, 4.69) is 15.5 Å². The van der Waals surface area contributed by atoms with Crippen molar-refractivity contribution in [3.8, 4) is 11.4 Å². The highest BCUT2D eigenvalue weighted by Crippen LogP contribution is 2.25. The van der Waals surface area contributed by atoms with Crippen molar-refractivity contribution in [1.29, 1.82) is 0 Å². The molecular weight excluding hydrogens is 314 g/mol. The third kappa shape index (κ3) is 4.22. The van der Waals surface area contributed by atoms with Crippen LogP contribution in [-0.2, 0) is 4.79 Å². The molecule has 0 saturated carbocycles. The Morgan fingerprint density at radius 1 is 1.30 bits per heavy atom. The van der Waals surface area contributed by atoms with E-state index in [1.54, 1.807) is 11.8 Å². The molecule has 0 N–H and O–H groups in total. The Morgan fingerprint density at radius 2 is 2.04 bits per heavy atom. The molecule has 0 aliphatic heterocycles. The van der Waals surface area contributed by atoms with Gasteiger partial charge in [0, 0.05) is 25.3 Å². The SMILES string of the molecule is CCN(CC)C(=O)CCSc1nnnn1-c1ccccc1OC. The summed E-state index contributed by atoms with van der Waals surface area (Å²) in [4.78, 5) is 13.8. The van der Waals surface area contributed by atoms with Gasteiger partial charge in [0.25, 0.3) is 0 Å². The van der Waals surface area contributed by atoms with Crippen LogP contribution in [0.5, 0.6) is 5.75 Å². The highest BCUT2D eigenvalue weighted by atomic mass is 32.2. The van der Waals surface area contributed by atoms with Gasteiger partial charge < -0.3 is 9.64 Å². The second kappa shape index (κ2) is 8.52. The molecule has 1 aromatic carbocycles. The lowest BCUT2D eigenvalue weighted by Crippen LogP contribution is -2.30. The number of nitrogens with zero attached hydrogens (tertiary/aromatic N) is 5. The lowest BCUT2D eigenvalue weighted by Gasteiger charge is -2.18. The Morgan fingerprint density at radius 3 is 2.74 bits per heavy atom. The lowest BCUT2D eigenvalue weighted by molar-refractivity contribution is -0.130. The number of thioether (sulfide) groups is 1. The summed E-state index contributed by atoms with van der Waals surface area (Å²) in [5, 5.41) is 12.4. The third-order valence-corrected chi connectivity index (χ3v) is 4.34. The molecule has 0 spiro atoms. The molecule has 0 atom stereocenters. The number of tetrazole rings is 1. The van der Waals surface area contributed by atoms with E-state index in [4.69, 9.17) is 4.74 Å². The zero-order valence-corrected chi connectivity index (χ0v) is 14.4. The van der Waals surface area contributed by atoms with Crippen molar-refractivity contribution >= 4 is 17.7 Å². The van der Waals surface area contributed by atoms with Crippen LogP contribution in [-0.4, -0.2) is 57.0 Å². The highest BCUT2D eigenvalue weighted by molar-refractivity contribution is 7.99. The lowest BCUT2D eigenvalue weighted by atomic mass is 10.3. The van der Waals surface area contributed by atoms with E-state index < -0.39 is 0 Å². The number of carbonyl (C=O) groups excluding carboxylic acids is 1. The first-order valence-electron chi connectivity index (χ1n) is 7.53. The highest BCUT2D eigenvalue weighted by Gasteiger charge is 2.14. The summed E-state index contributed by atoms with van der Waals surface area (Å²) in [6.45, 7) is 5.44. The van der Waals surface area contributed by atoms with Crippen molar-refractivity contribution < 1.29 is 9.53 Å². The summed E-state index contributed by atoms with van der Waals surface area (Å²) in [7, 11) is 1.61. The van der Waals surface area contributed by atoms with E-state index in [1.807, 2.05) is 43.0 Å². The summed E-state index contributed by atoms with van der Waals surface area (Å²) in [5.41, 5.74) is 0.776. The summed E-state index contributed by atoms with van der Waals surface area (Å²) < 4.78 is 6.97. The Labute approximate surface area is 140 Å². The van der Waals surface area contributed by atoms with Gasteiger partial charge >= 0.3 is 0 Å². The largest absolute Gasteiger partial charge is 0.494 e. The van der Waals surface area contributed by atoms with Gasteiger partial charge in [-0.05, 0) is 36.4 Å². The summed E-state index contributed by atoms with van der Waals surface area (Å²) >= 11 is 1.46. The molecule has 2 aromatic rings. The van der Waals surface area contributed by atoms with Gasteiger partial charge in [-0.1, -0.05) is 23.9 Å². The fourth-order valence-corrected chi connectivity index (χ4v) is 3.00. The minimum atomic E-state index is 0.152. The van der Waals surface area contributed by atoms with Crippen LogP contribution in [0.1, 0.15) is 20.3 Å². The Kier molecular flexibility index (Phi) is 6.40. The Bertz CT molecular complexity index is 642. The van der Waals surface area contributed by atoms with E-state index in [-0.39, 0.29) is 5.91 Å². The van der Waals surface area contributed by atoms with Gasteiger partial charge in [0.2, 0.25) is 11.1 Å². The van der Waals surface area contributed by atoms with Gasteiger partial charge in [0.15, 0.2) is 0 Å². The number of carbonyl (C=O) groups is 1. The van der Waals surface area contributed by atoms with Gasteiger partial charge in [-0.2, -0.15) is 4.68 Å². The van der Waals surface area contributed by atoms with Crippen LogP contribution >= 0.6 is 11.8 Å². The zero-order chi connectivity index (χ0) is 16.7. The molecule has 124 valence electrons. The molecule has 0 fully saturated rings. The quantitative estimate of drug-likeness (QED) is 0.687. The van der Waals surface area contributed by atoms with Gasteiger partial charge in [0.1, 0.15) is 11.4 Å². The van der Waals surface area contributed by atoms with E-state index >= 15 is 0 Å². The molecule has 23 heavy (non-hydrogen) atoms. The molecule has 0 bridgehead atoms. The fourth-order valence-electron chi connectivity index (χ4n) is 2.19. The van der Waals surface area contributed by atoms with Crippen molar-refractivity contribution in [2.45, 2.75) is 25.4 Å². The summed E-state index contributed by atoms with van der Waals surface area (Å²) in [6.07, 6.45) is 0.463. The minimum absolute atomic E-state index is 0.152. The van der Waals surface area contributed by atoms with Crippen LogP contribution in [0.25, 0.3) is 5.69 Å². The number of rotatable bonds is 8. The van der Waals surface area contributed by atoms with Crippen molar-refractivity contribution in [2.24, 2.45) is 0 Å². The third-order valence-electron chi connectivity index (χ3n) is 3.42. The maximum absolute atomic E-state index is 12.0. The van der Waals surface area contributed by atoms with Gasteiger partial charge in [-0.15, -0.1) is 5.10 Å². The van der Waals surface area contributed by atoms with Gasteiger partial charge in [-0.3, -0.25) is 4.79 Å². The van der Waals surface area contributed by atoms with Crippen molar-refractivity contribution in [3.05, 3.63) is 24.3 Å². The van der Waals surface area contributed by atoms with Crippen molar-refractivity contribution in [3.63, 3.8) is 0 Å². The van der Waals surface area contributed by atoms with E-state index in [0.717, 1.165) is 18.8 Å². The molecule has 0 unspecified atom stereocenters. The van der Waals surface area contributed by atoms with Crippen molar-refractivity contribution in [1.82, 2.24) is 25.1 Å². The molecule has 2 rings (SSSR count). The standard InChI is InChI=1S/C15H21N5O2S/c1-4-19(5-2)14(21)10-11-23-15-16-17-18-20(15)12-8-6-7-9-13(12)22-3/h6-9H,4-5,10-11H2,1-3H3.